The van der Waals surface area contributed by atoms with E-state index in [-0.39, 0.29) is 11.5 Å². The van der Waals surface area contributed by atoms with E-state index in [1.54, 1.807) is 13.1 Å². The predicted octanol–water partition coefficient (Wildman–Crippen LogP) is 5.24. The Balaban J connectivity index is 1.55. The van der Waals surface area contributed by atoms with Crippen LogP contribution in [0.25, 0.3) is 28.1 Å². The number of hydrogen-bond donors (Lipinski definition) is 1. The lowest BCUT2D eigenvalue weighted by Gasteiger charge is -2.30. The van der Waals surface area contributed by atoms with Gasteiger partial charge in [-0.2, -0.15) is 5.10 Å². The Hall–Kier alpha value is -4.19. The first-order chi connectivity index (χ1) is 17.1. The van der Waals surface area contributed by atoms with Crippen molar-refractivity contribution in [2.75, 3.05) is 23.3 Å². The van der Waals surface area contributed by atoms with Crippen molar-refractivity contribution in [2.24, 2.45) is 7.05 Å². The first-order valence-electron chi connectivity index (χ1n) is 12.0. The van der Waals surface area contributed by atoms with Gasteiger partial charge < -0.3 is 10.2 Å². The number of anilines is 2. The van der Waals surface area contributed by atoms with Gasteiger partial charge in [0.1, 0.15) is 0 Å². The Labute approximate surface area is 204 Å². The van der Waals surface area contributed by atoms with Gasteiger partial charge in [0.15, 0.2) is 0 Å². The highest BCUT2D eigenvalue weighted by atomic mass is 16.1. The average Bonchev–Trinajstić information content (AvgIpc) is 2.91. The van der Waals surface area contributed by atoms with E-state index in [0.717, 1.165) is 53.8 Å². The molecule has 5 rings (SSSR count). The maximum Gasteiger partial charge on any atom is 0.274 e. The third kappa shape index (κ3) is 4.87. The lowest BCUT2D eigenvalue weighted by molar-refractivity contribution is -0.111. The van der Waals surface area contributed by atoms with Crippen molar-refractivity contribution in [2.45, 2.75) is 19.3 Å². The van der Waals surface area contributed by atoms with Gasteiger partial charge in [-0.15, -0.1) is 0 Å². The third-order valence-corrected chi connectivity index (χ3v) is 6.41. The van der Waals surface area contributed by atoms with Gasteiger partial charge in [-0.1, -0.05) is 54.6 Å². The topological polar surface area (TPSA) is 67.2 Å². The standard InChI is InChI=1S/C29H28N4O2/c1-32-29(35)24-13-7-6-12-23(24)28(31-32)22-15-16-26(33-18-8-3-9-19-33)25(20-22)30-27(34)17-14-21-10-4-2-5-11-21/h2,4-7,10-17,20H,3,8-9,18-19H2,1H3,(H,30,34)/b17-14+. The van der Waals surface area contributed by atoms with Gasteiger partial charge in [0.05, 0.1) is 22.5 Å². The molecule has 6 heteroatoms. The number of benzene rings is 3. The SMILES string of the molecule is Cn1nc(-c2ccc(N3CCCCC3)c(NC(=O)/C=C/c3ccccc3)c2)c2ccccc2c1=O. The molecule has 1 aromatic heterocycles. The molecule has 3 aromatic carbocycles. The molecule has 0 aliphatic carbocycles. The first-order valence-corrected chi connectivity index (χ1v) is 12.0. The lowest BCUT2D eigenvalue weighted by atomic mass is 10.0. The summed E-state index contributed by atoms with van der Waals surface area (Å²) in [6, 6.07) is 23.3. The molecule has 0 saturated carbocycles. The molecule has 1 fully saturated rings. The normalized spacial score (nSPS) is 13.9. The van der Waals surface area contributed by atoms with Crippen molar-refractivity contribution in [3.05, 3.63) is 94.8 Å². The summed E-state index contributed by atoms with van der Waals surface area (Å²) >= 11 is 0. The summed E-state index contributed by atoms with van der Waals surface area (Å²) in [5, 5.41) is 9.09. The van der Waals surface area contributed by atoms with Crippen LogP contribution in [-0.2, 0) is 11.8 Å². The monoisotopic (exact) mass is 464 g/mol. The van der Waals surface area contributed by atoms with Crippen LogP contribution in [0, 0.1) is 0 Å². The Morgan fingerprint density at radius 2 is 1.63 bits per heavy atom. The zero-order chi connectivity index (χ0) is 24.2. The van der Waals surface area contributed by atoms with E-state index in [0.29, 0.717) is 11.1 Å². The molecule has 1 N–H and O–H groups in total. The van der Waals surface area contributed by atoms with Gasteiger partial charge >= 0.3 is 0 Å². The van der Waals surface area contributed by atoms with E-state index in [4.69, 9.17) is 0 Å². The second-order valence-electron chi connectivity index (χ2n) is 8.84. The molecule has 1 amide bonds. The van der Waals surface area contributed by atoms with Crippen LogP contribution in [0.1, 0.15) is 24.8 Å². The molecule has 1 saturated heterocycles. The fourth-order valence-corrected chi connectivity index (χ4v) is 4.62. The second-order valence-corrected chi connectivity index (χ2v) is 8.84. The number of aromatic nitrogens is 2. The molecule has 2 heterocycles. The molecule has 1 aliphatic heterocycles. The quantitative estimate of drug-likeness (QED) is 0.410. The smallest absolute Gasteiger partial charge is 0.274 e. The van der Waals surface area contributed by atoms with Gasteiger partial charge in [0.2, 0.25) is 5.91 Å². The van der Waals surface area contributed by atoms with Gasteiger partial charge in [-0.25, -0.2) is 4.68 Å². The summed E-state index contributed by atoms with van der Waals surface area (Å²) in [4.78, 5) is 27.8. The maximum atomic E-state index is 12.9. The summed E-state index contributed by atoms with van der Waals surface area (Å²) in [7, 11) is 1.66. The number of hydrogen-bond acceptors (Lipinski definition) is 4. The Morgan fingerprint density at radius 3 is 2.40 bits per heavy atom. The molecule has 0 unspecified atom stereocenters. The van der Waals surface area contributed by atoms with Gasteiger partial charge in [-0.3, -0.25) is 9.59 Å². The van der Waals surface area contributed by atoms with Crippen molar-refractivity contribution in [1.29, 1.82) is 0 Å². The van der Waals surface area contributed by atoms with Crippen LogP contribution in [0.15, 0.2) is 83.7 Å². The summed E-state index contributed by atoms with van der Waals surface area (Å²) in [6.45, 7) is 1.92. The van der Waals surface area contributed by atoms with Crippen LogP contribution in [0.3, 0.4) is 0 Å². The van der Waals surface area contributed by atoms with E-state index >= 15 is 0 Å². The van der Waals surface area contributed by atoms with Crippen LogP contribution >= 0.6 is 0 Å². The Bertz CT molecular complexity index is 1450. The fraction of sp³-hybridized carbons (Fsp3) is 0.207. The van der Waals surface area contributed by atoms with Crippen LogP contribution in [0.2, 0.25) is 0 Å². The molecule has 176 valence electrons. The molecule has 1 aliphatic rings. The number of rotatable bonds is 5. The molecule has 35 heavy (non-hydrogen) atoms. The Morgan fingerprint density at radius 1 is 0.914 bits per heavy atom. The second kappa shape index (κ2) is 9.97. The van der Waals surface area contributed by atoms with Gasteiger partial charge in [0.25, 0.3) is 5.56 Å². The number of fused-ring (bicyclic) bond motifs is 1. The van der Waals surface area contributed by atoms with Gasteiger partial charge in [0, 0.05) is 37.2 Å². The highest BCUT2D eigenvalue weighted by Crippen LogP contribution is 2.34. The summed E-state index contributed by atoms with van der Waals surface area (Å²) in [6.07, 6.45) is 6.86. The van der Waals surface area contributed by atoms with Crippen molar-refractivity contribution in [3.63, 3.8) is 0 Å². The average molecular weight is 465 g/mol. The maximum absolute atomic E-state index is 12.9. The number of nitrogens with zero attached hydrogens (tertiary/aromatic N) is 3. The Kier molecular flexibility index (Phi) is 6.44. The molecule has 0 bridgehead atoms. The molecule has 6 nitrogen and oxygen atoms in total. The number of amides is 1. The van der Waals surface area contributed by atoms with E-state index in [1.165, 1.54) is 11.1 Å². The first kappa shape index (κ1) is 22.6. The number of carbonyl (C=O) groups is 1. The van der Waals surface area contributed by atoms with Crippen molar-refractivity contribution in [3.8, 4) is 11.3 Å². The van der Waals surface area contributed by atoms with Gasteiger partial charge in [-0.05, 0) is 49.1 Å². The van der Waals surface area contributed by atoms with Crippen LogP contribution in [0.4, 0.5) is 11.4 Å². The van der Waals surface area contributed by atoms with E-state index in [9.17, 15) is 9.59 Å². The molecule has 4 aromatic rings. The van der Waals surface area contributed by atoms with Crippen molar-refractivity contribution in [1.82, 2.24) is 9.78 Å². The zero-order valence-corrected chi connectivity index (χ0v) is 19.8. The molecule has 0 radical (unpaired) electrons. The largest absolute Gasteiger partial charge is 0.370 e. The number of aryl methyl sites for hydroxylation is 1. The van der Waals surface area contributed by atoms with E-state index < -0.39 is 0 Å². The van der Waals surface area contributed by atoms with Crippen molar-refractivity contribution >= 4 is 34.1 Å². The fourth-order valence-electron chi connectivity index (χ4n) is 4.62. The van der Waals surface area contributed by atoms with Crippen LogP contribution in [-0.4, -0.2) is 28.8 Å². The van der Waals surface area contributed by atoms with E-state index in [2.05, 4.69) is 21.4 Å². The minimum atomic E-state index is -0.192. The van der Waals surface area contributed by atoms with Crippen molar-refractivity contribution < 1.29 is 4.79 Å². The number of carbonyl (C=O) groups excluding carboxylic acids is 1. The summed E-state index contributed by atoms with van der Waals surface area (Å²) in [5.74, 6) is -0.192. The third-order valence-electron chi connectivity index (χ3n) is 6.41. The summed E-state index contributed by atoms with van der Waals surface area (Å²) < 4.78 is 1.37. The van der Waals surface area contributed by atoms with Crippen LogP contribution in [0.5, 0.6) is 0 Å². The molecule has 0 atom stereocenters. The van der Waals surface area contributed by atoms with E-state index in [1.807, 2.05) is 72.8 Å². The highest BCUT2D eigenvalue weighted by molar-refractivity contribution is 6.05. The molecular weight excluding hydrogens is 436 g/mol. The van der Waals surface area contributed by atoms with Crippen LogP contribution < -0.4 is 15.8 Å². The predicted molar refractivity (Wildman–Crippen MR) is 143 cm³/mol. The number of piperidine rings is 1. The molecular formula is C29H28N4O2. The summed E-state index contributed by atoms with van der Waals surface area (Å²) in [5.41, 5.74) is 4.14. The lowest BCUT2D eigenvalue weighted by Crippen LogP contribution is -2.30. The minimum Gasteiger partial charge on any atom is -0.370 e. The molecule has 0 spiro atoms. The zero-order valence-electron chi connectivity index (χ0n) is 19.8. The minimum absolute atomic E-state index is 0.131. The highest BCUT2D eigenvalue weighted by Gasteiger charge is 2.18. The number of nitrogens with one attached hydrogen (secondary N) is 1.